The highest BCUT2D eigenvalue weighted by molar-refractivity contribution is 14.1. The monoisotopic (exact) mass is 276 g/mol. The second kappa shape index (κ2) is 4.70. The maximum Gasteiger partial charge on any atom is 0.119 e. The van der Waals surface area contributed by atoms with E-state index in [1.165, 1.54) is 5.56 Å². The van der Waals surface area contributed by atoms with Gasteiger partial charge < -0.3 is 4.74 Å². The minimum atomic E-state index is 0.676. The molecule has 0 aromatic heterocycles. The van der Waals surface area contributed by atoms with E-state index in [1.807, 2.05) is 12.1 Å². The van der Waals surface area contributed by atoms with E-state index in [0.29, 0.717) is 3.92 Å². The molecule has 1 unspecified atom stereocenters. The van der Waals surface area contributed by atoms with Crippen LogP contribution in [0.1, 0.15) is 12.5 Å². The molecule has 0 aliphatic carbocycles. The van der Waals surface area contributed by atoms with Gasteiger partial charge >= 0.3 is 0 Å². The van der Waals surface area contributed by atoms with Crippen LogP contribution in [0, 0.1) is 0 Å². The molecule has 0 N–H and O–H groups in total. The summed E-state index contributed by atoms with van der Waals surface area (Å²) in [5, 5.41) is 0. The predicted octanol–water partition coefficient (Wildman–Crippen LogP) is 3.06. The first kappa shape index (κ1) is 9.84. The number of methoxy groups -OCH3 is 1. The van der Waals surface area contributed by atoms with Crippen molar-refractivity contribution >= 4 is 22.6 Å². The topological polar surface area (TPSA) is 9.23 Å². The van der Waals surface area contributed by atoms with E-state index in [1.54, 1.807) is 7.11 Å². The summed E-state index contributed by atoms with van der Waals surface area (Å²) in [6.07, 6.45) is 1.11. The Kier molecular flexibility index (Phi) is 3.85. The first-order valence-corrected chi connectivity index (χ1v) is 5.24. The van der Waals surface area contributed by atoms with Gasteiger partial charge in [-0.05, 0) is 24.1 Å². The fourth-order valence-corrected chi connectivity index (χ4v) is 1.63. The van der Waals surface area contributed by atoms with Crippen LogP contribution in [-0.2, 0) is 6.42 Å². The zero-order valence-corrected chi connectivity index (χ0v) is 9.54. The normalized spacial score (nSPS) is 12.6. The second-order valence-corrected chi connectivity index (χ2v) is 4.96. The van der Waals surface area contributed by atoms with Crippen LogP contribution in [0.5, 0.6) is 5.75 Å². The molecule has 0 radical (unpaired) electrons. The third-order valence-electron chi connectivity index (χ3n) is 1.65. The van der Waals surface area contributed by atoms with Crippen molar-refractivity contribution in [3.05, 3.63) is 29.8 Å². The molecule has 1 atom stereocenters. The van der Waals surface area contributed by atoms with Gasteiger partial charge in [0.1, 0.15) is 5.75 Å². The Balaban J connectivity index is 2.72. The average Bonchev–Trinajstić information content (AvgIpc) is 2.03. The summed E-state index contributed by atoms with van der Waals surface area (Å²) in [7, 11) is 1.70. The summed E-state index contributed by atoms with van der Waals surface area (Å²) in [5.74, 6) is 0.949. The first-order valence-electron chi connectivity index (χ1n) is 3.99. The number of ether oxygens (including phenoxy) is 1. The molecule has 0 saturated carbocycles. The van der Waals surface area contributed by atoms with Gasteiger partial charge in [0.05, 0.1) is 7.11 Å². The number of rotatable bonds is 3. The molecule has 0 amide bonds. The SMILES string of the molecule is COc1cccc(CC(C)I)c1. The molecule has 66 valence electrons. The van der Waals surface area contributed by atoms with Gasteiger partial charge in [0.15, 0.2) is 0 Å². The van der Waals surface area contributed by atoms with Crippen LogP contribution >= 0.6 is 22.6 Å². The molecule has 2 heteroatoms. The fraction of sp³-hybridized carbons (Fsp3) is 0.400. The molecule has 12 heavy (non-hydrogen) atoms. The van der Waals surface area contributed by atoms with Crippen molar-refractivity contribution in [2.75, 3.05) is 7.11 Å². The zero-order valence-electron chi connectivity index (χ0n) is 7.38. The molecule has 1 rings (SSSR count). The molecular weight excluding hydrogens is 263 g/mol. The lowest BCUT2D eigenvalue weighted by Gasteiger charge is -2.05. The van der Waals surface area contributed by atoms with Crippen LogP contribution in [0.15, 0.2) is 24.3 Å². The Bertz CT molecular complexity index is 245. The quantitative estimate of drug-likeness (QED) is 0.609. The van der Waals surface area contributed by atoms with Crippen molar-refractivity contribution in [1.29, 1.82) is 0 Å². The maximum atomic E-state index is 5.13. The van der Waals surface area contributed by atoms with Gasteiger partial charge in [-0.25, -0.2) is 0 Å². The van der Waals surface area contributed by atoms with Crippen molar-refractivity contribution in [1.82, 2.24) is 0 Å². The van der Waals surface area contributed by atoms with Crippen LogP contribution in [0.3, 0.4) is 0 Å². The number of halogens is 1. The van der Waals surface area contributed by atoms with Gasteiger partial charge in [-0.15, -0.1) is 0 Å². The van der Waals surface area contributed by atoms with Crippen molar-refractivity contribution in [3.8, 4) is 5.75 Å². The Morgan fingerprint density at radius 3 is 2.83 bits per heavy atom. The Labute approximate surface area is 87.3 Å². The Hall–Kier alpha value is -0.250. The largest absolute Gasteiger partial charge is 0.497 e. The maximum absolute atomic E-state index is 5.13. The highest BCUT2D eigenvalue weighted by atomic mass is 127. The van der Waals surface area contributed by atoms with Gasteiger partial charge in [-0.3, -0.25) is 0 Å². The molecular formula is C10H13IO. The molecule has 0 bridgehead atoms. The lowest BCUT2D eigenvalue weighted by atomic mass is 10.1. The number of hydrogen-bond donors (Lipinski definition) is 0. The van der Waals surface area contributed by atoms with Crippen molar-refractivity contribution in [2.24, 2.45) is 0 Å². The van der Waals surface area contributed by atoms with Gasteiger partial charge in [-0.1, -0.05) is 41.6 Å². The molecule has 1 aromatic carbocycles. The Morgan fingerprint density at radius 1 is 1.50 bits per heavy atom. The molecule has 0 saturated heterocycles. The smallest absolute Gasteiger partial charge is 0.119 e. The lowest BCUT2D eigenvalue weighted by molar-refractivity contribution is 0.414. The van der Waals surface area contributed by atoms with Crippen LogP contribution < -0.4 is 4.74 Å². The van der Waals surface area contributed by atoms with E-state index < -0.39 is 0 Å². The van der Waals surface area contributed by atoms with Crippen LogP contribution in [0.2, 0.25) is 0 Å². The predicted molar refractivity (Wildman–Crippen MR) is 60.2 cm³/mol. The van der Waals surface area contributed by atoms with Crippen molar-refractivity contribution < 1.29 is 4.74 Å². The highest BCUT2D eigenvalue weighted by Gasteiger charge is 1.99. The van der Waals surface area contributed by atoms with Gasteiger partial charge in [0, 0.05) is 3.92 Å². The average molecular weight is 276 g/mol. The fourth-order valence-electron chi connectivity index (χ4n) is 1.12. The van der Waals surface area contributed by atoms with E-state index in [0.717, 1.165) is 12.2 Å². The highest BCUT2D eigenvalue weighted by Crippen LogP contribution is 2.16. The van der Waals surface area contributed by atoms with Gasteiger partial charge in [0.25, 0.3) is 0 Å². The first-order chi connectivity index (χ1) is 5.72. The summed E-state index contributed by atoms with van der Waals surface area (Å²) in [6.45, 7) is 2.21. The third kappa shape index (κ3) is 3.01. The summed E-state index contributed by atoms with van der Waals surface area (Å²) in [5.41, 5.74) is 1.34. The second-order valence-electron chi connectivity index (χ2n) is 2.84. The number of hydrogen-bond acceptors (Lipinski definition) is 1. The molecule has 0 aliphatic rings. The molecule has 1 nitrogen and oxygen atoms in total. The molecule has 0 fully saturated rings. The molecule has 1 aromatic rings. The van der Waals surface area contributed by atoms with E-state index in [-0.39, 0.29) is 0 Å². The molecule has 0 heterocycles. The molecule has 0 spiro atoms. The summed E-state index contributed by atoms with van der Waals surface area (Å²) in [4.78, 5) is 0. The van der Waals surface area contributed by atoms with E-state index in [4.69, 9.17) is 4.74 Å². The minimum absolute atomic E-state index is 0.676. The summed E-state index contributed by atoms with van der Waals surface area (Å²) in [6, 6.07) is 8.24. The van der Waals surface area contributed by atoms with Crippen LogP contribution in [0.25, 0.3) is 0 Å². The zero-order chi connectivity index (χ0) is 8.97. The lowest BCUT2D eigenvalue weighted by Crippen LogP contribution is -1.96. The van der Waals surface area contributed by atoms with Crippen molar-refractivity contribution in [2.45, 2.75) is 17.3 Å². The minimum Gasteiger partial charge on any atom is -0.497 e. The van der Waals surface area contributed by atoms with E-state index in [2.05, 4.69) is 41.6 Å². The Morgan fingerprint density at radius 2 is 2.25 bits per heavy atom. The van der Waals surface area contributed by atoms with E-state index in [9.17, 15) is 0 Å². The summed E-state index contributed by atoms with van der Waals surface area (Å²) >= 11 is 2.43. The van der Waals surface area contributed by atoms with Crippen molar-refractivity contribution in [3.63, 3.8) is 0 Å². The molecule has 0 aliphatic heterocycles. The number of benzene rings is 1. The van der Waals surface area contributed by atoms with Gasteiger partial charge in [-0.2, -0.15) is 0 Å². The standard InChI is InChI=1S/C10H13IO/c1-8(11)6-9-4-3-5-10(7-9)12-2/h3-5,7-8H,6H2,1-2H3. The summed E-state index contributed by atoms with van der Waals surface area (Å²) < 4.78 is 5.81. The van der Waals surface area contributed by atoms with Crippen LogP contribution in [-0.4, -0.2) is 11.0 Å². The van der Waals surface area contributed by atoms with Crippen LogP contribution in [0.4, 0.5) is 0 Å². The van der Waals surface area contributed by atoms with Gasteiger partial charge in [0.2, 0.25) is 0 Å². The van der Waals surface area contributed by atoms with E-state index >= 15 is 0 Å². The number of alkyl halides is 1. The third-order valence-corrected chi connectivity index (χ3v) is 2.09.